The smallest absolute Gasteiger partial charge is 0.352 e. The Balaban J connectivity index is 1.51. The third-order valence-corrected chi connectivity index (χ3v) is 8.04. The quantitative estimate of drug-likeness (QED) is 0.330. The van der Waals surface area contributed by atoms with Gasteiger partial charge in [-0.2, -0.15) is 0 Å². The van der Waals surface area contributed by atoms with Crippen LogP contribution in [-0.4, -0.2) is 33.0 Å². The van der Waals surface area contributed by atoms with Crippen molar-refractivity contribution in [3.8, 4) is 17.1 Å². The second-order valence-electron chi connectivity index (χ2n) is 10.3. The van der Waals surface area contributed by atoms with Crippen LogP contribution in [0.3, 0.4) is 0 Å². The minimum atomic E-state index is -0.922. The van der Waals surface area contributed by atoms with E-state index in [1.165, 1.54) is 18.7 Å². The Morgan fingerprint density at radius 3 is 1.95 bits per heavy atom. The van der Waals surface area contributed by atoms with Gasteiger partial charge in [0.15, 0.2) is 0 Å². The average molecular weight is 563 g/mol. The molecule has 0 spiro atoms. The van der Waals surface area contributed by atoms with Crippen LogP contribution in [0.2, 0.25) is 0 Å². The van der Waals surface area contributed by atoms with Crippen molar-refractivity contribution in [2.24, 2.45) is 0 Å². The van der Waals surface area contributed by atoms with E-state index in [0.29, 0.717) is 34.5 Å². The van der Waals surface area contributed by atoms with Gasteiger partial charge in [-0.3, -0.25) is 0 Å². The van der Waals surface area contributed by atoms with Gasteiger partial charge in [0.25, 0.3) is 0 Å². The number of fused-ring (bicyclic) bond motifs is 4. The molecule has 0 aliphatic carbocycles. The number of para-hydroxylation sites is 3. The second kappa shape index (κ2) is 9.51. The molecule has 1 N–H and O–H groups in total. The minimum absolute atomic E-state index is 0.0283. The van der Waals surface area contributed by atoms with Crippen LogP contribution in [0.5, 0.6) is 5.75 Å². The molecule has 11 heteroatoms. The zero-order valence-corrected chi connectivity index (χ0v) is 22.4. The monoisotopic (exact) mass is 562 g/mol. The standard InChI is InChI=1S/C31H26N6O5/c1-2-10-20-11-9-16-24(27(20)38)26-23-17-18-32-28(39)34(21-12-5-3-6-13-21)30(41)36(32)25(23)19-33-29(40)35(31(42)37(26)33)22-14-7-4-8-15-22/h2-9,11-17,25-26,38H,1,10,18-19H2/t25-,26-/m1/s1. The van der Waals surface area contributed by atoms with Crippen LogP contribution in [-0.2, 0) is 19.5 Å². The van der Waals surface area contributed by atoms with Crippen LogP contribution in [0.1, 0.15) is 23.2 Å². The van der Waals surface area contributed by atoms with Crippen LogP contribution in [0, 0.1) is 0 Å². The van der Waals surface area contributed by atoms with Crippen LogP contribution < -0.4 is 22.8 Å². The summed E-state index contributed by atoms with van der Waals surface area (Å²) in [5.41, 5.74) is 0.213. The van der Waals surface area contributed by atoms with Gasteiger partial charge < -0.3 is 5.11 Å². The summed E-state index contributed by atoms with van der Waals surface area (Å²) in [4.78, 5) is 55.3. The van der Waals surface area contributed by atoms with Crippen LogP contribution >= 0.6 is 0 Å². The Hall–Kier alpha value is -5.58. The average Bonchev–Trinajstić information content (AvgIpc) is 3.42. The highest BCUT2D eigenvalue weighted by atomic mass is 16.3. The Kier molecular flexibility index (Phi) is 5.75. The van der Waals surface area contributed by atoms with E-state index in [-0.39, 0.29) is 18.8 Å². The van der Waals surface area contributed by atoms with E-state index in [1.54, 1.807) is 84.9 Å². The zero-order chi connectivity index (χ0) is 29.1. The fourth-order valence-electron chi connectivity index (χ4n) is 6.18. The molecule has 2 atom stereocenters. The lowest BCUT2D eigenvalue weighted by atomic mass is 9.88. The molecule has 4 heterocycles. The lowest BCUT2D eigenvalue weighted by Crippen LogP contribution is -2.47. The summed E-state index contributed by atoms with van der Waals surface area (Å²) >= 11 is 0. The number of phenols is 1. The van der Waals surface area contributed by atoms with Crippen molar-refractivity contribution in [1.29, 1.82) is 0 Å². The normalized spacial score (nSPS) is 17.2. The molecular weight excluding hydrogens is 536 g/mol. The first-order chi connectivity index (χ1) is 20.4. The molecule has 0 bridgehead atoms. The summed E-state index contributed by atoms with van der Waals surface area (Å²) in [5, 5.41) is 11.4. The number of phenolic OH excluding ortho intramolecular Hbond substituents is 1. The molecule has 2 aliphatic rings. The molecule has 0 fully saturated rings. The number of allylic oxidation sites excluding steroid dienone is 3. The molecule has 0 amide bonds. The largest absolute Gasteiger partial charge is 0.507 e. The van der Waals surface area contributed by atoms with E-state index >= 15 is 0 Å². The fourth-order valence-corrected chi connectivity index (χ4v) is 6.18. The van der Waals surface area contributed by atoms with Crippen molar-refractivity contribution in [1.82, 2.24) is 27.9 Å². The molecule has 11 nitrogen and oxygen atoms in total. The van der Waals surface area contributed by atoms with Gasteiger partial charge in [0.1, 0.15) is 11.8 Å². The van der Waals surface area contributed by atoms with E-state index in [4.69, 9.17) is 0 Å². The first-order valence-corrected chi connectivity index (χ1v) is 13.5. The molecule has 0 unspecified atom stereocenters. The van der Waals surface area contributed by atoms with E-state index in [9.17, 15) is 24.3 Å². The van der Waals surface area contributed by atoms with Gasteiger partial charge in [-0.1, -0.05) is 66.7 Å². The lowest BCUT2D eigenvalue weighted by Gasteiger charge is -2.38. The summed E-state index contributed by atoms with van der Waals surface area (Å²) in [6.07, 6.45) is 3.87. The van der Waals surface area contributed by atoms with Gasteiger partial charge in [-0.15, -0.1) is 6.58 Å². The summed E-state index contributed by atoms with van der Waals surface area (Å²) < 4.78 is 7.55. The summed E-state index contributed by atoms with van der Waals surface area (Å²) in [5.74, 6) is -0.0283. The van der Waals surface area contributed by atoms with Crippen molar-refractivity contribution in [2.45, 2.75) is 31.6 Å². The third-order valence-electron chi connectivity index (χ3n) is 8.04. The summed E-state index contributed by atoms with van der Waals surface area (Å²) in [6, 6.07) is 20.8. The molecule has 2 aromatic heterocycles. The predicted molar refractivity (Wildman–Crippen MR) is 156 cm³/mol. The molecule has 210 valence electrons. The number of hydrogen-bond acceptors (Lipinski definition) is 5. The van der Waals surface area contributed by atoms with Crippen molar-refractivity contribution in [3.05, 3.63) is 156 Å². The topological polar surface area (TPSA) is 118 Å². The molecule has 3 aromatic carbocycles. The predicted octanol–water partition coefficient (Wildman–Crippen LogP) is 2.13. The first-order valence-electron chi connectivity index (χ1n) is 13.5. The Morgan fingerprint density at radius 2 is 1.33 bits per heavy atom. The van der Waals surface area contributed by atoms with Gasteiger partial charge in [0.2, 0.25) is 0 Å². The number of nitrogens with zero attached hydrogens (tertiary/aromatic N) is 6. The number of hydrogen-bond donors (Lipinski definition) is 1. The maximum atomic E-state index is 14.0. The Labute approximate surface area is 237 Å². The highest BCUT2D eigenvalue weighted by Gasteiger charge is 2.42. The van der Waals surface area contributed by atoms with Crippen LogP contribution in [0.4, 0.5) is 0 Å². The molecule has 0 saturated heterocycles. The van der Waals surface area contributed by atoms with Gasteiger partial charge >= 0.3 is 22.8 Å². The van der Waals surface area contributed by atoms with Crippen molar-refractivity contribution < 1.29 is 5.11 Å². The van der Waals surface area contributed by atoms with Gasteiger partial charge in [0, 0.05) is 5.56 Å². The van der Waals surface area contributed by atoms with E-state index in [1.807, 2.05) is 6.08 Å². The summed E-state index contributed by atoms with van der Waals surface area (Å²) in [7, 11) is 0. The molecule has 0 saturated carbocycles. The molecule has 2 aliphatic heterocycles. The van der Waals surface area contributed by atoms with Gasteiger partial charge in [-0.05, 0) is 41.8 Å². The molecule has 42 heavy (non-hydrogen) atoms. The van der Waals surface area contributed by atoms with Crippen molar-refractivity contribution >= 4 is 0 Å². The Morgan fingerprint density at radius 1 is 0.738 bits per heavy atom. The van der Waals surface area contributed by atoms with Gasteiger partial charge in [0.05, 0.1) is 30.5 Å². The van der Waals surface area contributed by atoms with Gasteiger partial charge in [-0.25, -0.2) is 47.0 Å². The fraction of sp³-hybridized carbons (Fsp3) is 0.161. The zero-order valence-electron chi connectivity index (χ0n) is 22.4. The summed E-state index contributed by atoms with van der Waals surface area (Å²) in [6.45, 7) is 3.78. The first kappa shape index (κ1) is 25.4. The number of aromatic hydroxyl groups is 1. The van der Waals surface area contributed by atoms with Crippen LogP contribution in [0.15, 0.2) is 122 Å². The maximum absolute atomic E-state index is 14.0. The SMILES string of the molecule is C=CCc1cccc([C@H]2C3=CCn4c(=O)n(-c5ccccc5)c(=O)n4[C@@H]3Cn3c(=O)n(-c4ccccc4)c(=O)n32)c1O. The highest BCUT2D eigenvalue weighted by molar-refractivity contribution is 5.47. The molecule has 5 aromatic rings. The number of benzene rings is 3. The molecular formula is C31H26N6O5. The molecule has 7 rings (SSSR count). The lowest BCUT2D eigenvalue weighted by molar-refractivity contribution is 0.244. The second-order valence-corrected chi connectivity index (χ2v) is 10.3. The minimum Gasteiger partial charge on any atom is -0.507 e. The highest BCUT2D eigenvalue weighted by Crippen LogP contribution is 2.42. The van der Waals surface area contributed by atoms with Crippen molar-refractivity contribution in [3.63, 3.8) is 0 Å². The van der Waals surface area contributed by atoms with Crippen LogP contribution in [0.25, 0.3) is 11.4 Å². The van der Waals surface area contributed by atoms with Crippen molar-refractivity contribution in [2.75, 3.05) is 0 Å². The maximum Gasteiger partial charge on any atom is 0.352 e. The number of rotatable bonds is 5. The van der Waals surface area contributed by atoms with E-state index < -0.39 is 34.8 Å². The molecule has 0 radical (unpaired) electrons. The number of aromatic nitrogens is 6. The Bertz CT molecular complexity index is 2140. The van der Waals surface area contributed by atoms with E-state index in [0.717, 1.165) is 9.13 Å². The van der Waals surface area contributed by atoms with E-state index in [2.05, 4.69) is 6.58 Å². The third kappa shape index (κ3) is 3.53.